The molecule has 0 saturated carbocycles. The van der Waals surface area contributed by atoms with Crippen LogP contribution in [0.25, 0.3) is 11.0 Å². The molecule has 6 heteroatoms. The zero-order valence-corrected chi connectivity index (χ0v) is 23.3. The molecule has 1 heterocycles. The van der Waals surface area contributed by atoms with Gasteiger partial charge in [0.1, 0.15) is 17.3 Å². The van der Waals surface area contributed by atoms with Crippen LogP contribution in [-0.4, -0.2) is 35.2 Å². The first-order chi connectivity index (χ1) is 19.1. The summed E-state index contributed by atoms with van der Waals surface area (Å²) in [5.74, 6) is 3.21. The predicted molar refractivity (Wildman–Crippen MR) is 157 cm³/mol. The highest BCUT2D eigenvalue weighted by Gasteiger charge is 2.11. The zero-order valence-electron chi connectivity index (χ0n) is 23.3. The fraction of sp³-hybridized carbons (Fsp3) is 0.394. The first kappa shape index (κ1) is 28.2. The minimum Gasteiger partial charge on any atom is -0.493 e. The third-order valence-electron chi connectivity index (χ3n) is 6.82. The summed E-state index contributed by atoms with van der Waals surface area (Å²) in [5.41, 5.74) is 3.52. The summed E-state index contributed by atoms with van der Waals surface area (Å²) in [5, 5.41) is 2.95. The lowest BCUT2D eigenvalue weighted by Gasteiger charge is -2.14. The van der Waals surface area contributed by atoms with Crippen molar-refractivity contribution in [1.29, 1.82) is 0 Å². The van der Waals surface area contributed by atoms with Crippen LogP contribution in [0.4, 0.5) is 0 Å². The summed E-state index contributed by atoms with van der Waals surface area (Å²) in [6.45, 7) is 6.76. The number of hydrogen-bond donors (Lipinski definition) is 1. The van der Waals surface area contributed by atoms with Gasteiger partial charge in [-0.2, -0.15) is 0 Å². The van der Waals surface area contributed by atoms with Crippen molar-refractivity contribution >= 4 is 16.9 Å². The number of carbonyl (C=O) groups is 1. The molecule has 0 aliphatic heterocycles. The molecule has 39 heavy (non-hydrogen) atoms. The molecule has 1 amide bonds. The van der Waals surface area contributed by atoms with E-state index >= 15 is 0 Å². The Bertz CT molecular complexity index is 1300. The molecule has 1 aromatic heterocycles. The normalized spacial score (nSPS) is 11.2. The van der Waals surface area contributed by atoms with Crippen LogP contribution in [0, 0.1) is 0 Å². The van der Waals surface area contributed by atoms with Crippen LogP contribution in [-0.2, 0) is 17.8 Å². The van der Waals surface area contributed by atoms with Crippen LogP contribution >= 0.6 is 0 Å². The van der Waals surface area contributed by atoms with Crippen molar-refractivity contribution < 1.29 is 14.3 Å². The molecule has 0 fully saturated rings. The van der Waals surface area contributed by atoms with Gasteiger partial charge in [-0.15, -0.1) is 0 Å². The van der Waals surface area contributed by atoms with Gasteiger partial charge in [0.05, 0.1) is 17.6 Å². The number of ether oxygens (including phenoxy) is 2. The average Bonchev–Trinajstić information content (AvgIpc) is 3.31. The van der Waals surface area contributed by atoms with Crippen LogP contribution in [0.2, 0.25) is 0 Å². The fourth-order valence-corrected chi connectivity index (χ4v) is 4.74. The lowest BCUT2D eigenvalue weighted by Crippen LogP contribution is -2.29. The van der Waals surface area contributed by atoms with Crippen molar-refractivity contribution in [2.45, 2.75) is 64.8 Å². The Labute approximate surface area is 232 Å². The molecule has 0 aliphatic rings. The predicted octanol–water partition coefficient (Wildman–Crippen LogP) is 6.93. The van der Waals surface area contributed by atoms with Crippen molar-refractivity contribution in [2.75, 3.05) is 19.8 Å². The second-order valence-electron chi connectivity index (χ2n) is 10.2. The number of nitrogens with one attached hydrogen (secondary N) is 1. The SMILES string of the molecule is CC(C)c1ccccc1OCCCCn1c(CCCCCNC(=O)COc2ccccc2)nc2ccccc21. The highest BCUT2D eigenvalue weighted by molar-refractivity contribution is 5.77. The Morgan fingerprint density at radius 2 is 1.62 bits per heavy atom. The number of hydrogen-bond acceptors (Lipinski definition) is 4. The lowest BCUT2D eigenvalue weighted by molar-refractivity contribution is -0.123. The first-order valence-corrected chi connectivity index (χ1v) is 14.2. The van der Waals surface area contributed by atoms with Gasteiger partial charge in [0, 0.05) is 19.5 Å². The van der Waals surface area contributed by atoms with Crippen LogP contribution in [0.3, 0.4) is 0 Å². The molecular formula is C33H41N3O3. The Morgan fingerprint density at radius 3 is 2.46 bits per heavy atom. The average molecular weight is 528 g/mol. The third kappa shape index (κ3) is 8.60. The van der Waals surface area contributed by atoms with Gasteiger partial charge in [-0.3, -0.25) is 4.79 Å². The van der Waals surface area contributed by atoms with E-state index < -0.39 is 0 Å². The van der Waals surface area contributed by atoms with E-state index in [1.807, 2.05) is 42.5 Å². The van der Waals surface area contributed by atoms with Crippen LogP contribution in [0.15, 0.2) is 78.9 Å². The number of imidazole rings is 1. The van der Waals surface area contributed by atoms with E-state index in [4.69, 9.17) is 14.5 Å². The highest BCUT2D eigenvalue weighted by atomic mass is 16.5. The number of unbranched alkanes of at least 4 members (excludes halogenated alkanes) is 3. The molecule has 0 atom stereocenters. The second-order valence-corrected chi connectivity index (χ2v) is 10.2. The van der Waals surface area contributed by atoms with Gasteiger partial charge in [-0.05, 0) is 67.5 Å². The first-order valence-electron chi connectivity index (χ1n) is 14.2. The number of para-hydroxylation sites is 4. The summed E-state index contributed by atoms with van der Waals surface area (Å²) >= 11 is 0. The molecule has 0 aliphatic carbocycles. The highest BCUT2D eigenvalue weighted by Crippen LogP contribution is 2.26. The van der Waals surface area contributed by atoms with Crippen LogP contribution < -0.4 is 14.8 Å². The third-order valence-corrected chi connectivity index (χ3v) is 6.82. The molecule has 4 rings (SSSR count). The standard InChI is InChI=1S/C33H41N3O3/c1-26(2)28-17-8-11-20-31(28)38-24-14-13-23-36-30-19-10-9-18-29(30)35-32(36)21-7-4-12-22-34-33(37)25-39-27-15-5-3-6-16-27/h3,5-6,8-11,15-20,26H,4,7,12-14,21-25H2,1-2H3,(H,34,37). The molecule has 4 aromatic rings. The number of carbonyl (C=O) groups excluding carboxylic acids is 1. The van der Waals surface area contributed by atoms with E-state index in [-0.39, 0.29) is 12.5 Å². The Kier molecular flexibility index (Phi) is 10.8. The van der Waals surface area contributed by atoms with E-state index in [9.17, 15) is 4.79 Å². The summed E-state index contributed by atoms with van der Waals surface area (Å²) in [6.07, 6.45) is 5.96. The largest absolute Gasteiger partial charge is 0.493 e. The quantitative estimate of drug-likeness (QED) is 0.161. The van der Waals surface area contributed by atoms with Crippen molar-refractivity contribution in [2.24, 2.45) is 0 Å². The molecular weight excluding hydrogens is 486 g/mol. The fourth-order valence-electron chi connectivity index (χ4n) is 4.74. The Hall–Kier alpha value is -3.80. The maximum atomic E-state index is 12.0. The van der Waals surface area contributed by atoms with Crippen molar-refractivity contribution in [3.8, 4) is 11.5 Å². The molecule has 0 unspecified atom stereocenters. The summed E-state index contributed by atoms with van der Waals surface area (Å²) in [4.78, 5) is 17.0. The number of aromatic nitrogens is 2. The van der Waals surface area contributed by atoms with E-state index in [1.165, 1.54) is 11.1 Å². The summed E-state index contributed by atoms with van der Waals surface area (Å²) in [6, 6.07) is 26.1. The van der Waals surface area contributed by atoms with Gasteiger partial charge in [-0.1, -0.05) is 68.8 Å². The topological polar surface area (TPSA) is 65.4 Å². The molecule has 1 N–H and O–H groups in total. The number of rotatable bonds is 16. The maximum absolute atomic E-state index is 12.0. The number of aryl methyl sites for hydroxylation is 2. The molecule has 3 aromatic carbocycles. The van der Waals surface area contributed by atoms with Gasteiger partial charge in [0.25, 0.3) is 5.91 Å². The van der Waals surface area contributed by atoms with Crippen LogP contribution in [0.1, 0.15) is 63.3 Å². The maximum Gasteiger partial charge on any atom is 0.257 e. The minimum atomic E-state index is -0.0858. The van der Waals surface area contributed by atoms with E-state index in [1.54, 1.807) is 0 Å². The molecule has 0 bridgehead atoms. The van der Waals surface area contributed by atoms with Crippen molar-refractivity contribution in [1.82, 2.24) is 14.9 Å². The van der Waals surface area contributed by atoms with Crippen molar-refractivity contribution in [3.05, 3.63) is 90.3 Å². The van der Waals surface area contributed by atoms with E-state index in [2.05, 4.69) is 60.1 Å². The molecule has 6 nitrogen and oxygen atoms in total. The van der Waals surface area contributed by atoms with Gasteiger partial charge in [-0.25, -0.2) is 4.98 Å². The Morgan fingerprint density at radius 1 is 0.846 bits per heavy atom. The van der Waals surface area contributed by atoms with Gasteiger partial charge in [0.2, 0.25) is 0 Å². The summed E-state index contributed by atoms with van der Waals surface area (Å²) < 4.78 is 14.0. The van der Waals surface area contributed by atoms with E-state index in [0.717, 1.165) is 62.2 Å². The minimum absolute atomic E-state index is 0.0450. The second kappa shape index (κ2) is 15.0. The smallest absolute Gasteiger partial charge is 0.257 e. The zero-order chi connectivity index (χ0) is 27.3. The summed E-state index contributed by atoms with van der Waals surface area (Å²) in [7, 11) is 0. The number of nitrogens with zero attached hydrogens (tertiary/aromatic N) is 2. The van der Waals surface area contributed by atoms with Gasteiger partial charge >= 0.3 is 0 Å². The van der Waals surface area contributed by atoms with Crippen LogP contribution in [0.5, 0.6) is 11.5 Å². The number of fused-ring (bicyclic) bond motifs is 1. The van der Waals surface area contributed by atoms with E-state index in [0.29, 0.717) is 24.8 Å². The molecule has 0 radical (unpaired) electrons. The van der Waals surface area contributed by atoms with Gasteiger partial charge in [0.15, 0.2) is 6.61 Å². The van der Waals surface area contributed by atoms with Gasteiger partial charge < -0.3 is 19.4 Å². The number of amides is 1. The molecule has 0 spiro atoms. The van der Waals surface area contributed by atoms with Crippen molar-refractivity contribution in [3.63, 3.8) is 0 Å². The number of benzene rings is 3. The lowest BCUT2D eigenvalue weighted by atomic mass is 10.0. The monoisotopic (exact) mass is 527 g/mol. The Balaban J connectivity index is 1.18. The molecule has 206 valence electrons. The molecule has 0 saturated heterocycles.